The van der Waals surface area contributed by atoms with Gasteiger partial charge in [-0.15, -0.1) is 0 Å². The predicted octanol–water partition coefficient (Wildman–Crippen LogP) is 3.79. The van der Waals surface area contributed by atoms with Gasteiger partial charge >= 0.3 is 6.09 Å². The molecule has 0 saturated heterocycles. The lowest BCUT2D eigenvalue weighted by Crippen LogP contribution is -2.28. The number of sulfonamides is 1. The number of rotatable bonds is 8. The molecule has 2 amide bonds. The number of carbonyl (C=O) groups is 2. The Morgan fingerprint density at radius 3 is 2.29 bits per heavy atom. The standard InChI is InChI=1S/C24H23N3O6S/c1-2-22(28)25-23-12-19-15-27(16-21(19)33-23)34(31,32)20-10-8-18(9-11-20)14-26(24(29)30)13-17-6-4-3-5-7-17/h2-12H,1,13-16H2,(H,25,28)(H,29,30). The Morgan fingerprint density at radius 1 is 1.06 bits per heavy atom. The second kappa shape index (κ2) is 9.54. The number of benzene rings is 2. The van der Waals surface area contributed by atoms with Gasteiger partial charge < -0.3 is 9.52 Å². The van der Waals surface area contributed by atoms with Crippen LogP contribution in [-0.4, -0.2) is 34.7 Å². The number of nitrogens with one attached hydrogen (secondary N) is 1. The Kier molecular flexibility index (Phi) is 6.53. The molecule has 0 radical (unpaired) electrons. The number of carbonyl (C=O) groups excluding carboxylic acids is 1. The molecule has 0 fully saturated rings. The summed E-state index contributed by atoms with van der Waals surface area (Å²) in [5, 5.41) is 12.1. The molecule has 1 aromatic heterocycles. The molecule has 2 N–H and O–H groups in total. The summed E-state index contributed by atoms with van der Waals surface area (Å²) in [6.07, 6.45) is 0.0562. The Hall–Kier alpha value is -3.89. The molecule has 1 aliphatic heterocycles. The van der Waals surface area contributed by atoms with Crippen molar-refractivity contribution in [1.29, 1.82) is 0 Å². The first kappa shape index (κ1) is 23.3. The molecule has 0 atom stereocenters. The molecule has 2 aromatic carbocycles. The molecule has 34 heavy (non-hydrogen) atoms. The smallest absolute Gasteiger partial charge is 0.407 e. The van der Waals surface area contributed by atoms with Crippen LogP contribution in [0.5, 0.6) is 0 Å². The summed E-state index contributed by atoms with van der Waals surface area (Å²) >= 11 is 0. The molecule has 3 aromatic rings. The molecule has 4 rings (SSSR count). The summed E-state index contributed by atoms with van der Waals surface area (Å²) in [4.78, 5) is 24.5. The summed E-state index contributed by atoms with van der Waals surface area (Å²) in [6.45, 7) is 3.90. The van der Waals surface area contributed by atoms with Gasteiger partial charge in [-0.25, -0.2) is 13.2 Å². The summed E-state index contributed by atoms with van der Waals surface area (Å²) < 4.78 is 33.0. The first-order valence-corrected chi connectivity index (χ1v) is 11.9. The molecular weight excluding hydrogens is 458 g/mol. The Balaban J connectivity index is 1.43. The van der Waals surface area contributed by atoms with Crippen LogP contribution in [0.25, 0.3) is 0 Å². The van der Waals surface area contributed by atoms with E-state index in [0.717, 1.165) is 11.6 Å². The van der Waals surface area contributed by atoms with Crippen molar-refractivity contribution in [3.63, 3.8) is 0 Å². The van der Waals surface area contributed by atoms with Gasteiger partial charge in [0.2, 0.25) is 15.9 Å². The van der Waals surface area contributed by atoms with Crippen molar-refractivity contribution in [3.05, 3.63) is 95.8 Å². The number of fused-ring (bicyclic) bond motifs is 1. The number of amides is 2. The first-order valence-electron chi connectivity index (χ1n) is 10.4. The minimum absolute atomic E-state index is 0.0489. The zero-order chi connectivity index (χ0) is 24.3. The average Bonchev–Trinajstić information content (AvgIpc) is 3.39. The SMILES string of the molecule is C=CC(=O)Nc1cc2c(o1)CN(S(=O)(=O)c1ccc(CN(Cc3ccccc3)C(=O)O)cc1)C2. The van der Waals surface area contributed by atoms with E-state index in [2.05, 4.69) is 11.9 Å². The lowest BCUT2D eigenvalue weighted by molar-refractivity contribution is -0.112. The van der Waals surface area contributed by atoms with Gasteiger partial charge in [-0.1, -0.05) is 49.0 Å². The highest BCUT2D eigenvalue weighted by atomic mass is 32.2. The van der Waals surface area contributed by atoms with Crippen molar-refractivity contribution < 1.29 is 27.5 Å². The number of hydrogen-bond donors (Lipinski definition) is 2. The van der Waals surface area contributed by atoms with Crippen LogP contribution in [0.3, 0.4) is 0 Å². The highest BCUT2D eigenvalue weighted by Crippen LogP contribution is 2.32. The van der Waals surface area contributed by atoms with E-state index in [-0.39, 0.29) is 37.0 Å². The molecule has 0 saturated carbocycles. The molecule has 0 spiro atoms. The van der Waals surface area contributed by atoms with E-state index >= 15 is 0 Å². The van der Waals surface area contributed by atoms with E-state index in [4.69, 9.17) is 4.42 Å². The fraction of sp³-hybridized carbons (Fsp3) is 0.167. The molecule has 176 valence electrons. The van der Waals surface area contributed by atoms with Crippen LogP contribution in [-0.2, 0) is 41.0 Å². The van der Waals surface area contributed by atoms with Crippen LogP contribution in [0.1, 0.15) is 22.5 Å². The predicted molar refractivity (Wildman–Crippen MR) is 124 cm³/mol. The van der Waals surface area contributed by atoms with E-state index in [9.17, 15) is 23.1 Å². The van der Waals surface area contributed by atoms with E-state index in [1.54, 1.807) is 18.2 Å². The van der Waals surface area contributed by atoms with Gasteiger partial charge in [0.05, 0.1) is 11.4 Å². The fourth-order valence-electron chi connectivity index (χ4n) is 3.68. The number of anilines is 1. The summed E-state index contributed by atoms with van der Waals surface area (Å²) in [5.74, 6) is 0.301. The number of nitrogens with zero attached hydrogens (tertiary/aromatic N) is 2. The Bertz CT molecular complexity index is 1290. The van der Waals surface area contributed by atoms with Crippen molar-refractivity contribution in [3.8, 4) is 0 Å². The molecule has 1 aliphatic rings. The Morgan fingerprint density at radius 2 is 1.71 bits per heavy atom. The second-order valence-electron chi connectivity index (χ2n) is 7.79. The van der Waals surface area contributed by atoms with Gasteiger partial charge in [0.15, 0.2) is 5.88 Å². The lowest BCUT2D eigenvalue weighted by Gasteiger charge is -2.20. The van der Waals surface area contributed by atoms with Crippen molar-refractivity contribution in [2.75, 3.05) is 5.32 Å². The van der Waals surface area contributed by atoms with Crippen LogP contribution in [0, 0.1) is 0 Å². The van der Waals surface area contributed by atoms with E-state index in [0.29, 0.717) is 16.9 Å². The first-order chi connectivity index (χ1) is 16.3. The molecule has 2 heterocycles. The second-order valence-corrected chi connectivity index (χ2v) is 9.73. The minimum Gasteiger partial charge on any atom is -0.465 e. The average molecular weight is 482 g/mol. The number of hydrogen-bond acceptors (Lipinski definition) is 5. The maximum Gasteiger partial charge on any atom is 0.407 e. The fourth-order valence-corrected chi connectivity index (χ4v) is 5.05. The normalized spacial score (nSPS) is 13.3. The van der Waals surface area contributed by atoms with Crippen molar-refractivity contribution in [2.24, 2.45) is 0 Å². The zero-order valence-electron chi connectivity index (χ0n) is 18.2. The molecular formula is C24H23N3O6S. The zero-order valence-corrected chi connectivity index (χ0v) is 19.0. The number of furan rings is 1. The molecule has 0 unspecified atom stereocenters. The third-order valence-electron chi connectivity index (χ3n) is 5.42. The van der Waals surface area contributed by atoms with E-state index in [1.165, 1.54) is 21.3 Å². The quantitative estimate of drug-likeness (QED) is 0.473. The maximum absolute atomic E-state index is 13.1. The molecule has 0 aliphatic carbocycles. The van der Waals surface area contributed by atoms with Crippen LogP contribution < -0.4 is 5.32 Å². The largest absolute Gasteiger partial charge is 0.465 e. The number of carboxylic acid groups (broad SMARTS) is 1. The van der Waals surface area contributed by atoms with E-state index < -0.39 is 22.0 Å². The van der Waals surface area contributed by atoms with Gasteiger partial charge in [-0.3, -0.25) is 15.0 Å². The highest BCUT2D eigenvalue weighted by Gasteiger charge is 2.33. The van der Waals surface area contributed by atoms with Crippen molar-refractivity contribution >= 4 is 27.9 Å². The van der Waals surface area contributed by atoms with E-state index in [1.807, 2.05) is 30.3 Å². The lowest BCUT2D eigenvalue weighted by atomic mass is 10.2. The monoisotopic (exact) mass is 481 g/mol. The highest BCUT2D eigenvalue weighted by molar-refractivity contribution is 7.89. The minimum atomic E-state index is -3.79. The van der Waals surface area contributed by atoms with Gasteiger partial charge in [0, 0.05) is 31.3 Å². The third kappa shape index (κ3) is 5.03. The third-order valence-corrected chi connectivity index (χ3v) is 7.22. The summed E-state index contributed by atoms with van der Waals surface area (Å²) in [6, 6.07) is 17.0. The molecule has 10 heteroatoms. The van der Waals surface area contributed by atoms with Gasteiger partial charge in [-0.05, 0) is 29.3 Å². The Labute approximate surface area is 197 Å². The maximum atomic E-state index is 13.1. The van der Waals surface area contributed by atoms with Crippen LogP contribution in [0.15, 0.2) is 82.6 Å². The van der Waals surface area contributed by atoms with Crippen LogP contribution in [0.4, 0.5) is 10.7 Å². The van der Waals surface area contributed by atoms with Crippen molar-refractivity contribution in [2.45, 2.75) is 31.1 Å². The van der Waals surface area contributed by atoms with Gasteiger partial charge in [0.25, 0.3) is 0 Å². The van der Waals surface area contributed by atoms with Gasteiger partial charge in [0.1, 0.15) is 5.76 Å². The van der Waals surface area contributed by atoms with Gasteiger partial charge in [-0.2, -0.15) is 4.31 Å². The summed E-state index contributed by atoms with van der Waals surface area (Å²) in [7, 11) is -3.79. The molecule has 0 bridgehead atoms. The van der Waals surface area contributed by atoms with Crippen molar-refractivity contribution in [1.82, 2.24) is 9.21 Å². The topological polar surface area (TPSA) is 120 Å². The summed E-state index contributed by atoms with van der Waals surface area (Å²) in [5.41, 5.74) is 2.22. The molecule has 9 nitrogen and oxygen atoms in total. The van der Waals surface area contributed by atoms with Crippen LogP contribution >= 0.6 is 0 Å². The van der Waals surface area contributed by atoms with Crippen LogP contribution in [0.2, 0.25) is 0 Å².